The van der Waals surface area contributed by atoms with Crippen molar-refractivity contribution in [3.8, 4) is 34.1 Å². The summed E-state index contributed by atoms with van der Waals surface area (Å²) in [5.74, 6) is -0.507. The van der Waals surface area contributed by atoms with Gasteiger partial charge in [0.2, 0.25) is 12.0 Å². The van der Waals surface area contributed by atoms with E-state index in [9.17, 15) is 34.8 Å². The molecule has 1 fully saturated rings. The van der Waals surface area contributed by atoms with Crippen LogP contribution in [0.3, 0.4) is 0 Å². The third-order valence-corrected chi connectivity index (χ3v) is 7.72. The minimum absolute atomic E-state index is 0.0462. The fourth-order valence-electron chi connectivity index (χ4n) is 5.38. The summed E-state index contributed by atoms with van der Waals surface area (Å²) in [6.45, 7) is 1.48. The molecule has 0 spiro atoms. The van der Waals surface area contributed by atoms with Crippen LogP contribution in [0.15, 0.2) is 100 Å². The van der Waals surface area contributed by atoms with E-state index in [1.165, 1.54) is 61.5 Å². The minimum Gasteiger partial charge on any atom is -0.507 e. The molecule has 0 radical (unpaired) electrons. The number of ether oxygens (including phenoxy) is 3. The second kappa shape index (κ2) is 11.2. The second-order valence-electron chi connectivity index (χ2n) is 10.7. The first-order valence-corrected chi connectivity index (χ1v) is 14.0. The number of aliphatic hydroxyl groups is 3. The average molecular weight is 629 g/mol. The van der Waals surface area contributed by atoms with E-state index in [1.54, 1.807) is 18.2 Å². The van der Waals surface area contributed by atoms with Crippen LogP contribution in [0.2, 0.25) is 0 Å². The molecule has 13 nitrogen and oxygen atoms in total. The lowest BCUT2D eigenvalue weighted by molar-refractivity contribution is -0.268. The molecule has 46 heavy (non-hydrogen) atoms. The Hall–Kier alpha value is -5.47. The highest BCUT2D eigenvalue weighted by Crippen LogP contribution is 2.45. The topological polar surface area (TPSA) is 199 Å². The molecular weight excluding hydrogens is 604 g/mol. The molecule has 234 valence electrons. The molecular formula is C33H24O13. The Bertz CT molecular complexity index is 2320. The molecule has 3 aromatic carbocycles. The number of aromatic hydroxyl groups is 1. The van der Waals surface area contributed by atoms with Gasteiger partial charge in [-0.3, -0.25) is 0 Å². The molecule has 0 amide bonds. The molecule has 4 heterocycles. The first kappa shape index (κ1) is 29.3. The zero-order chi connectivity index (χ0) is 32.3. The number of rotatable bonds is 5. The maximum absolute atomic E-state index is 13.3. The molecule has 7 rings (SSSR count). The quantitative estimate of drug-likeness (QED) is 0.203. The van der Waals surface area contributed by atoms with Gasteiger partial charge in [0.25, 0.3) is 0 Å². The molecule has 1 aliphatic heterocycles. The van der Waals surface area contributed by atoms with E-state index in [4.69, 9.17) is 27.5 Å². The molecule has 1 aliphatic rings. The van der Waals surface area contributed by atoms with Crippen molar-refractivity contribution >= 4 is 32.9 Å². The molecule has 5 unspecified atom stereocenters. The molecule has 6 aromatic rings. The van der Waals surface area contributed by atoms with Gasteiger partial charge in [-0.1, -0.05) is 0 Å². The Morgan fingerprint density at radius 3 is 2.13 bits per heavy atom. The molecule has 1 saturated heterocycles. The van der Waals surface area contributed by atoms with Crippen LogP contribution >= 0.6 is 0 Å². The van der Waals surface area contributed by atoms with Gasteiger partial charge in [-0.2, -0.15) is 0 Å². The van der Waals surface area contributed by atoms with Crippen LogP contribution in [-0.2, 0) is 4.74 Å². The Labute approximate surface area is 256 Å². The summed E-state index contributed by atoms with van der Waals surface area (Å²) in [5.41, 5.74) is -2.27. The van der Waals surface area contributed by atoms with E-state index in [1.807, 2.05) is 0 Å². The summed E-state index contributed by atoms with van der Waals surface area (Å²) in [5, 5.41) is 43.6. The highest BCUT2D eigenvalue weighted by molar-refractivity contribution is 6.05. The zero-order valence-electron chi connectivity index (χ0n) is 23.8. The number of benzene rings is 3. The van der Waals surface area contributed by atoms with E-state index in [0.29, 0.717) is 10.8 Å². The molecule has 4 N–H and O–H groups in total. The third kappa shape index (κ3) is 5.06. The van der Waals surface area contributed by atoms with Crippen molar-refractivity contribution in [2.24, 2.45) is 0 Å². The van der Waals surface area contributed by atoms with E-state index in [-0.39, 0.29) is 56.3 Å². The largest absolute Gasteiger partial charge is 0.507 e. The van der Waals surface area contributed by atoms with Crippen LogP contribution in [0.5, 0.6) is 23.0 Å². The monoisotopic (exact) mass is 628 g/mol. The van der Waals surface area contributed by atoms with E-state index in [0.717, 1.165) is 0 Å². The van der Waals surface area contributed by atoms with Gasteiger partial charge in [0.15, 0.2) is 5.58 Å². The lowest BCUT2D eigenvalue weighted by Crippen LogP contribution is -2.58. The van der Waals surface area contributed by atoms with Crippen molar-refractivity contribution in [2.75, 3.05) is 0 Å². The van der Waals surface area contributed by atoms with Crippen LogP contribution in [0.25, 0.3) is 44.0 Å². The van der Waals surface area contributed by atoms with Gasteiger partial charge < -0.3 is 47.9 Å². The van der Waals surface area contributed by atoms with Gasteiger partial charge in [0.05, 0.1) is 17.2 Å². The van der Waals surface area contributed by atoms with E-state index < -0.39 is 47.6 Å². The zero-order valence-corrected chi connectivity index (χ0v) is 23.8. The van der Waals surface area contributed by atoms with Crippen LogP contribution in [0.1, 0.15) is 6.92 Å². The van der Waals surface area contributed by atoms with Crippen molar-refractivity contribution < 1.29 is 47.9 Å². The number of fused-ring (bicyclic) bond motifs is 3. The maximum atomic E-state index is 13.3. The van der Waals surface area contributed by atoms with E-state index >= 15 is 0 Å². The Balaban J connectivity index is 1.40. The number of hydrogen-bond donors (Lipinski definition) is 4. The summed E-state index contributed by atoms with van der Waals surface area (Å²) in [4.78, 5) is 37.3. The highest BCUT2D eigenvalue weighted by Gasteiger charge is 2.43. The standard InChI is InChI=1S/C33H24O13/c1-14-27(37)28(38)29(39)33(41-14)44-20-9-4-17-12-22(42-18-7-2-15-5-10-23(35)43-21(15)13-18)32(40)46-31(17)26(20)25-19(34)8-3-16-6-11-24(36)45-30(16)25/h2-14,27-29,33-34,37-39H,1H3. The summed E-state index contributed by atoms with van der Waals surface area (Å²) in [7, 11) is 0. The Morgan fingerprint density at radius 1 is 0.652 bits per heavy atom. The SMILES string of the molecule is CC1OC(Oc2ccc3cc(Oc4ccc5ccc(=O)oc5c4)c(=O)oc3c2-c2c(O)ccc3ccc(=O)oc23)C(O)C(O)C1O. The average Bonchev–Trinajstić information content (AvgIpc) is 3.03. The lowest BCUT2D eigenvalue weighted by atomic mass is 9.97. The maximum Gasteiger partial charge on any atom is 0.379 e. The van der Waals surface area contributed by atoms with Crippen molar-refractivity contribution in [3.05, 3.63) is 104 Å². The van der Waals surface area contributed by atoms with Gasteiger partial charge in [0, 0.05) is 34.4 Å². The Morgan fingerprint density at radius 2 is 1.33 bits per heavy atom. The lowest BCUT2D eigenvalue weighted by Gasteiger charge is -2.39. The fraction of sp³-hybridized carbons (Fsp3) is 0.182. The third-order valence-electron chi connectivity index (χ3n) is 7.72. The summed E-state index contributed by atoms with van der Waals surface area (Å²) in [6.07, 6.45) is -7.13. The first-order chi connectivity index (χ1) is 22.1. The van der Waals surface area contributed by atoms with Crippen molar-refractivity contribution in [3.63, 3.8) is 0 Å². The van der Waals surface area contributed by atoms with Crippen LogP contribution in [-0.4, -0.2) is 51.1 Å². The number of hydrogen-bond acceptors (Lipinski definition) is 13. The first-order valence-electron chi connectivity index (χ1n) is 14.0. The highest BCUT2D eigenvalue weighted by atomic mass is 16.7. The fourth-order valence-corrected chi connectivity index (χ4v) is 5.38. The van der Waals surface area contributed by atoms with Gasteiger partial charge >= 0.3 is 16.9 Å². The number of phenolic OH excluding ortho intramolecular Hbond substituents is 1. The number of phenols is 1. The van der Waals surface area contributed by atoms with E-state index in [2.05, 4.69) is 0 Å². The van der Waals surface area contributed by atoms with Crippen LogP contribution < -0.4 is 26.4 Å². The van der Waals surface area contributed by atoms with Crippen LogP contribution in [0, 0.1) is 0 Å². The van der Waals surface area contributed by atoms with Crippen LogP contribution in [0.4, 0.5) is 0 Å². The van der Waals surface area contributed by atoms with Gasteiger partial charge in [-0.25, -0.2) is 14.4 Å². The van der Waals surface area contributed by atoms with Gasteiger partial charge in [-0.05, 0) is 61.5 Å². The minimum atomic E-state index is -1.69. The molecule has 0 aliphatic carbocycles. The summed E-state index contributed by atoms with van der Waals surface area (Å²) in [6, 6.07) is 17.4. The molecule has 0 saturated carbocycles. The van der Waals surface area contributed by atoms with Gasteiger partial charge in [-0.15, -0.1) is 0 Å². The predicted octanol–water partition coefficient (Wildman–Crippen LogP) is 3.38. The summed E-state index contributed by atoms with van der Waals surface area (Å²) < 4.78 is 33.8. The second-order valence-corrected chi connectivity index (χ2v) is 10.7. The normalized spacial score (nSPS) is 21.5. The van der Waals surface area contributed by atoms with Gasteiger partial charge in [0.1, 0.15) is 46.7 Å². The summed E-state index contributed by atoms with van der Waals surface area (Å²) >= 11 is 0. The molecule has 0 bridgehead atoms. The Kier molecular flexibility index (Phi) is 7.09. The van der Waals surface area contributed by atoms with Crippen molar-refractivity contribution in [1.82, 2.24) is 0 Å². The molecule has 3 aromatic heterocycles. The van der Waals surface area contributed by atoms with Crippen molar-refractivity contribution in [1.29, 1.82) is 0 Å². The predicted molar refractivity (Wildman–Crippen MR) is 161 cm³/mol. The number of aliphatic hydroxyl groups excluding tert-OH is 3. The molecule has 13 heteroatoms. The smallest absolute Gasteiger partial charge is 0.379 e. The van der Waals surface area contributed by atoms with Crippen molar-refractivity contribution in [2.45, 2.75) is 37.6 Å². The molecule has 5 atom stereocenters.